The van der Waals surface area contributed by atoms with Gasteiger partial charge in [-0.25, -0.2) is 0 Å². The highest BCUT2D eigenvalue weighted by Gasteiger charge is 2.38. The lowest BCUT2D eigenvalue weighted by Crippen LogP contribution is -2.54. The Morgan fingerprint density at radius 3 is 1.21 bits per heavy atom. The standard InChI is InChI=1S/C11H23BN2/c1-10(2,3)13-8-9-14(12(13)7)11(4,5)6/h8-9H,1-7H3. The summed E-state index contributed by atoms with van der Waals surface area (Å²) in [5.74, 6) is 0. The smallest absolute Gasteiger partial charge is 0.372 e. The summed E-state index contributed by atoms with van der Waals surface area (Å²) in [6.07, 6.45) is 4.41. The Hall–Kier alpha value is -0.595. The van der Waals surface area contributed by atoms with Crippen molar-refractivity contribution in [2.75, 3.05) is 0 Å². The van der Waals surface area contributed by atoms with E-state index in [2.05, 4.69) is 70.4 Å². The third-order valence-corrected chi connectivity index (χ3v) is 2.74. The first-order valence-electron chi connectivity index (χ1n) is 5.39. The molecule has 0 N–H and O–H groups in total. The predicted molar refractivity (Wildman–Crippen MR) is 63.9 cm³/mol. The quantitative estimate of drug-likeness (QED) is 0.547. The van der Waals surface area contributed by atoms with E-state index >= 15 is 0 Å². The minimum Gasteiger partial charge on any atom is -0.396 e. The van der Waals surface area contributed by atoms with Crippen LogP contribution < -0.4 is 0 Å². The highest BCUT2D eigenvalue weighted by Crippen LogP contribution is 2.27. The average molecular weight is 194 g/mol. The van der Waals surface area contributed by atoms with Crippen molar-refractivity contribution in [2.45, 2.75) is 59.4 Å². The Balaban J connectivity index is 2.81. The van der Waals surface area contributed by atoms with Crippen molar-refractivity contribution in [2.24, 2.45) is 0 Å². The Morgan fingerprint density at radius 1 is 0.786 bits per heavy atom. The molecule has 0 bridgehead atoms. The molecule has 0 saturated heterocycles. The monoisotopic (exact) mass is 194 g/mol. The highest BCUT2D eigenvalue weighted by atomic mass is 15.3. The van der Waals surface area contributed by atoms with Crippen LogP contribution in [0.4, 0.5) is 0 Å². The zero-order valence-corrected chi connectivity index (χ0v) is 10.6. The van der Waals surface area contributed by atoms with E-state index < -0.39 is 0 Å². The van der Waals surface area contributed by atoms with E-state index in [1.807, 2.05) is 0 Å². The second-order valence-electron chi connectivity index (χ2n) is 6.09. The molecule has 14 heavy (non-hydrogen) atoms. The van der Waals surface area contributed by atoms with Crippen molar-refractivity contribution in [3.63, 3.8) is 0 Å². The van der Waals surface area contributed by atoms with Gasteiger partial charge in [0, 0.05) is 23.5 Å². The van der Waals surface area contributed by atoms with Gasteiger partial charge in [-0.3, -0.25) is 0 Å². The molecule has 0 aliphatic carbocycles. The van der Waals surface area contributed by atoms with Crippen LogP contribution in [0, 0.1) is 0 Å². The van der Waals surface area contributed by atoms with Gasteiger partial charge in [-0.05, 0) is 48.4 Å². The largest absolute Gasteiger partial charge is 0.396 e. The maximum absolute atomic E-state index is 2.40. The molecule has 1 rings (SSSR count). The third kappa shape index (κ3) is 2.07. The summed E-state index contributed by atoms with van der Waals surface area (Å²) in [4.78, 5) is 4.80. The van der Waals surface area contributed by atoms with E-state index in [1.165, 1.54) is 0 Å². The van der Waals surface area contributed by atoms with E-state index in [1.54, 1.807) is 0 Å². The molecule has 0 amide bonds. The molecule has 0 aromatic heterocycles. The summed E-state index contributed by atoms with van der Waals surface area (Å²) in [7, 11) is 0. The van der Waals surface area contributed by atoms with Crippen LogP contribution in [-0.2, 0) is 0 Å². The minimum absolute atomic E-state index is 0.204. The van der Waals surface area contributed by atoms with Crippen LogP contribution >= 0.6 is 0 Å². The van der Waals surface area contributed by atoms with Gasteiger partial charge in [-0.15, -0.1) is 0 Å². The van der Waals surface area contributed by atoms with Crippen molar-refractivity contribution in [1.29, 1.82) is 0 Å². The molecule has 0 fully saturated rings. The molecule has 1 aliphatic rings. The van der Waals surface area contributed by atoms with Crippen molar-refractivity contribution < 1.29 is 0 Å². The molecule has 0 atom stereocenters. The molecular weight excluding hydrogens is 171 g/mol. The SMILES string of the molecule is CB1N(C(C)(C)C)C=CN1C(C)(C)C. The van der Waals surface area contributed by atoms with Crippen LogP contribution in [0.25, 0.3) is 0 Å². The van der Waals surface area contributed by atoms with Gasteiger partial charge >= 0.3 is 6.98 Å². The van der Waals surface area contributed by atoms with Crippen molar-refractivity contribution in [3.05, 3.63) is 12.4 Å². The van der Waals surface area contributed by atoms with E-state index in [-0.39, 0.29) is 11.1 Å². The maximum atomic E-state index is 2.40. The fraction of sp³-hybridized carbons (Fsp3) is 0.818. The van der Waals surface area contributed by atoms with Gasteiger partial charge in [0.15, 0.2) is 0 Å². The fourth-order valence-corrected chi connectivity index (χ4v) is 2.10. The van der Waals surface area contributed by atoms with Gasteiger partial charge < -0.3 is 9.62 Å². The number of nitrogens with zero attached hydrogens (tertiary/aromatic N) is 2. The summed E-state index contributed by atoms with van der Waals surface area (Å²) >= 11 is 0. The van der Waals surface area contributed by atoms with E-state index in [0.717, 1.165) is 0 Å². The van der Waals surface area contributed by atoms with Gasteiger partial charge in [0.2, 0.25) is 0 Å². The van der Waals surface area contributed by atoms with Crippen molar-refractivity contribution in [3.8, 4) is 0 Å². The average Bonchev–Trinajstić information content (AvgIpc) is 2.26. The van der Waals surface area contributed by atoms with Gasteiger partial charge in [0.25, 0.3) is 0 Å². The first-order chi connectivity index (χ1) is 6.14. The Bertz CT molecular complexity index is 211. The van der Waals surface area contributed by atoms with Gasteiger partial charge in [0.1, 0.15) is 0 Å². The molecule has 0 aromatic carbocycles. The Kier molecular flexibility index (Phi) is 2.64. The lowest BCUT2D eigenvalue weighted by molar-refractivity contribution is 0.283. The second-order valence-corrected chi connectivity index (χ2v) is 6.09. The topological polar surface area (TPSA) is 6.48 Å². The predicted octanol–water partition coefficient (Wildman–Crippen LogP) is 2.79. The summed E-state index contributed by atoms with van der Waals surface area (Å²) in [6.45, 7) is 16.2. The molecule has 1 heterocycles. The Morgan fingerprint density at radius 2 is 1.07 bits per heavy atom. The van der Waals surface area contributed by atoms with Gasteiger partial charge in [0.05, 0.1) is 0 Å². The molecule has 80 valence electrons. The van der Waals surface area contributed by atoms with Crippen molar-refractivity contribution >= 4 is 6.98 Å². The molecular formula is C11H23BN2. The molecule has 3 heteroatoms. The van der Waals surface area contributed by atoms with Crippen LogP contribution in [0.2, 0.25) is 6.82 Å². The van der Waals surface area contributed by atoms with Gasteiger partial charge in [-0.1, -0.05) is 0 Å². The normalized spacial score (nSPS) is 18.4. The second kappa shape index (κ2) is 3.21. The molecule has 0 unspecified atom stereocenters. The molecule has 0 saturated carbocycles. The van der Waals surface area contributed by atoms with Gasteiger partial charge in [-0.2, -0.15) is 0 Å². The Labute approximate surface area is 89.1 Å². The van der Waals surface area contributed by atoms with Crippen molar-refractivity contribution in [1.82, 2.24) is 9.62 Å². The molecule has 0 radical (unpaired) electrons. The number of rotatable bonds is 0. The first-order valence-corrected chi connectivity index (χ1v) is 5.39. The van der Waals surface area contributed by atoms with Crippen LogP contribution in [0.5, 0.6) is 0 Å². The van der Waals surface area contributed by atoms with E-state index in [9.17, 15) is 0 Å². The summed E-state index contributed by atoms with van der Waals surface area (Å²) in [6, 6.07) is 0. The molecule has 2 nitrogen and oxygen atoms in total. The zero-order chi connectivity index (χ0) is 11.1. The van der Waals surface area contributed by atoms with E-state index in [4.69, 9.17) is 0 Å². The number of hydrogen-bond donors (Lipinski definition) is 0. The first kappa shape index (κ1) is 11.5. The lowest BCUT2D eigenvalue weighted by atomic mass is 9.71. The van der Waals surface area contributed by atoms with E-state index in [0.29, 0.717) is 6.98 Å². The summed E-state index contributed by atoms with van der Waals surface area (Å²) in [5.41, 5.74) is 0.409. The third-order valence-electron chi connectivity index (χ3n) is 2.74. The van der Waals surface area contributed by atoms with Crippen LogP contribution in [0.3, 0.4) is 0 Å². The fourth-order valence-electron chi connectivity index (χ4n) is 2.10. The summed E-state index contributed by atoms with van der Waals surface area (Å²) < 4.78 is 0. The number of hydrogen-bond acceptors (Lipinski definition) is 2. The summed E-state index contributed by atoms with van der Waals surface area (Å²) in [5, 5.41) is 0. The maximum Gasteiger partial charge on any atom is 0.372 e. The molecule has 0 aromatic rings. The molecule has 0 spiro atoms. The molecule has 1 aliphatic heterocycles. The van der Waals surface area contributed by atoms with Crippen LogP contribution in [0.15, 0.2) is 12.4 Å². The lowest BCUT2D eigenvalue weighted by Gasteiger charge is -2.41. The highest BCUT2D eigenvalue weighted by molar-refractivity contribution is 6.53. The minimum atomic E-state index is 0.204. The van der Waals surface area contributed by atoms with Crippen LogP contribution in [-0.4, -0.2) is 27.7 Å². The zero-order valence-electron chi connectivity index (χ0n) is 10.6. The van der Waals surface area contributed by atoms with Crippen LogP contribution in [0.1, 0.15) is 41.5 Å².